The van der Waals surface area contributed by atoms with Gasteiger partial charge in [-0.2, -0.15) is 14.7 Å². The van der Waals surface area contributed by atoms with E-state index < -0.39 is 12.1 Å². The number of nitrogens with zero attached hydrogens (tertiary/aromatic N) is 6. The van der Waals surface area contributed by atoms with E-state index in [1.54, 1.807) is 10.7 Å². The maximum Gasteiger partial charge on any atom is 0.339 e. The minimum Gasteiger partial charge on any atom is -0.489 e. The number of methoxy groups -OCH3 is 1. The molecule has 1 fully saturated rings. The molecule has 7 rings (SSSR count). The van der Waals surface area contributed by atoms with E-state index in [1.807, 2.05) is 42.1 Å². The van der Waals surface area contributed by atoms with Crippen LogP contribution >= 0.6 is 0 Å². The van der Waals surface area contributed by atoms with Crippen LogP contribution < -0.4 is 9.64 Å². The first-order valence-corrected chi connectivity index (χ1v) is 14.1. The van der Waals surface area contributed by atoms with Gasteiger partial charge in [0.25, 0.3) is 0 Å². The number of ether oxygens (including phenoxy) is 2. The fraction of sp³-hybridized carbons (Fsp3) is 0.419. The van der Waals surface area contributed by atoms with Gasteiger partial charge < -0.3 is 19.5 Å². The Hall–Kier alpha value is -4.18. The molecule has 3 aliphatic rings. The Morgan fingerprint density at radius 3 is 2.78 bits per heavy atom. The third-order valence-electron chi connectivity index (χ3n) is 8.42. The molecule has 0 aliphatic carbocycles. The molecule has 1 N–H and O–H groups in total. The number of aryl methyl sites for hydroxylation is 1. The number of hydrogen-bond donors (Lipinski definition) is 1. The Kier molecular flexibility index (Phi) is 7.25. The van der Waals surface area contributed by atoms with Gasteiger partial charge in [0.1, 0.15) is 18.2 Å². The van der Waals surface area contributed by atoms with E-state index in [1.165, 1.54) is 7.11 Å². The zero-order valence-corrected chi connectivity index (χ0v) is 23.8. The van der Waals surface area contributed by atoms with Crippen LogP contribution in [0.5, 0.6) is 5.75 Å². The van der Waals surface area contributed by atoms with Gasteiger partial charge in [-0.25, -0.2) is 9.78 Å². The zero-order chi connectivity index (χ0) is 28.6. The van der Waals surface area contributed by atoms with Crippen LogP contribution in [0.1, 0.15) is 55.5 Å². The highest BCUT2D eigenvalue weighted by molar-refractivity contribution is 5.80. The number of anilines is 1. The number of aliphatic hydroxyl groups excluding tert-OH is 1. The first-order chi connectivity index (χ1) is 19.8. The van der Waals surface area contributed by atoms with Crippen molar-refractivity contribution >= 4 is 17.4 Å². The zero-order valence-electron chi connectivity index (χ0n) is 23.8. The molecule has 0 spiro atoms. The van der Waals surface area contributed by atoms with Gasteiger partial charge in [0.2, 0.25) is 0 Å². The molecule has 0 radical (unpaired) electrons. The first kappa shape index (κ1) is 27.0. The predicted molar refractivity (Wildman–Crippen MR) is 155 cm³/mol. The molecule has 3 aromatic heterocycles. The van der Waals surface area contributed by atoms with Crippen LogP contribution in [-0.2, 0) is 16.1 Å². The van der Waals surface area contributed by atoms with Gasteiger partial charge in [-0.05, 0) is 44.1 Å². The summed E-state index contributed by atoms with van der Waals surface area (Å²) in [5.74, 6) is 0.812. The van der Waals surface area contributed by atoms with Crippen molar-refractivity contribution in [1.82, 2.24) is 24.4 Å². The highest BCUT2D eigenvalue weighted by Crippen LogP contribution is 2.40. The SMILES string of the molecule is COC(=O)[C@@H](O)c1c(C)nc2cc3nn2c1N1CCC(C)(CC/C=C/COc2ccccc2Cn2cc-3cn2)CC1. The molecule has 1 aromatic carbocycles. The van der Waals surface area contributed by atoms with Crippen LogP contribution in [0.4, 0.5) is 5.82 Å². The summed E-state index contributed by atoms with van der Waals surface area (Å²) in [6.45, 7) is 6.77. The molecule has 0 saturated carbocycles. The summed E-state index contributed by atoms with van der Waals surface area (Å²) in [5, 5.41) is 20.6. The maximum atomic E-state index is 12.5. The number of hydrogen-bond acceptors (Lipinski definition) is 8. The van der Waals surface area contributed by atoms with Crippen molar-refractivity contribution in [3.63, 3.8) is 0 Å². The standard InChI is InChI=1S/C31H36N6O4/c1-21-27(28(38)30(39)40-3)29-35-14-12-31(2,13-15-35)11-7-4-8-16-41-25-10-6-5-9-22(25)19-36-20-23(18-32-36)24-17-26(33-21)37(29)34-24/h4-6,8-10,17-18,20,28,38H,7,11-16,19H2,1-3H3/b8-4+/t28-/m0/s1. The molecular formula is C31H36N6O4. The van der Waals surface area contributed by atoms with Crippen molar-refractivity contribution in [2.45, 2.75) is 52.2 Å². The van der Waals surface area contributed by atoms with Gasteiger partial charge in [0.15, 0.2) is 11.8 Å². The van der Waals surface area contributed by atoms with Gasteiger partial charge in [0, 0.05) is 42.2 Å². The van der Waals surface area contributed by atoms with E-state index in [0.717, 1.165) is 55.6 Å². The highest BCUT2D eigenvalue weighted by Gasteiger charge is 2.35. The first-order valence-electron chi connectivity index (χ1n) is 14.1. The highest BCUT2D eigenvalue weighted by atomic mass is 16.5. The Morgan fingerprint density at radius 1 is 1.17 bits per heavy atom. The average molecular weight is 557 g/mol. The van der Waals surface area contributed by atoms with Gasteiger partial charge in [-0.15, -0.1) is 0 Å². The number of benzene rings is 1. The molecule has 214 valence electrons. The molecular weight excluding hydrogens is 520 g/mol. The molecule has 1 atom stereocenters. The largest absolute Gasteiger partial charge is 0.489 e. The molecule has 10 nitrogen and oxygen atoms in total. The van der Waals surface area contributed by atoms with Gasteiger partial charge >= 0.3 is 5.97 Å². The Balaban J connectivity index is 1.47. The van der Waals surface area contributed by atoms with Crippen LogP contribution in [0.25, 0.3) is 16.9 Å². The molecule has 6 heterocycles. The molecule has 4 aromatic rings. The summed E-state index contributed by atoms with van der Waals surface area (Å²) in [6.07, 6.45) is 10.6. The third-order valence-corrected chi connectivity index (χ3v) is 8.42. The molecule has 41 heavy (non-hydrogen) atoms. The van der Waals surface area contributed by atoms with Gasteiger partial charge in [-0.1, -0.05) is 37.3 Å². The number of carbonyl (C=O) groups is 1. The third kappa shape index (κ3) is 5.31. The van der Waals surface area contributed by atoms with E-state index in [-0.39, 0.29) is 5.41 Å². The lowest BCUT2D eigenvalue weighted by Gasteiger charge is -2.41. The number of allylic oxidation sites excluding steroid dienone is 1. The number of piperidine rings is 1. The summed E-state index contributed by atoms with van der Waals surface area (Å²) < 4.78 is 14.7. The summed E-state index contributed by atoms with van der Waals surface area (Å²) >= 11 is 0. The number of aromatic nitrogens is 5. The second-order valence-corrected chi connectivity index (χ2v) is 11.3. The Morgan fingerprint density at radius 2 is 1.98 bits per heavy atom. The van der Waals surface area contributed by atoms with Gasteiger partial charge in [0.05, 0.1) is 31.1 Å². The number of rotatable bonds is 2. The quantitative estimate of drug-likeness (QED) is 0.284. The van der Waals surface area contributed by atoms with Crippen LogP contribution in [0.3, 0.4) is 0 Å². The van der Waals surface area contributed by atoms with Crippen molar-refractivity contribution in [3.8, 4) is 17.0 Å². The van der Waals surface area contributed by atoms with Crippen molar-refractivity contribution in [3.05, 3.63) is 71.7 Å². The summed E-state index contributed by atoms with van der Waals surface area (Å²) in [7, 11) is 1.28. The summed E-state index contributed by atoms with van der Waals surface area (Å²) in [5.41, 5.74) is 4.42. The lowest BCUT2D eigenvalue weighted by atomic mass is 9.76. The minimum atomic E-state index is -1.46. The number of esters is 1. The molecule has 6 bridgehead atoms. The lowest BCUT2D eigenvalue weighted by molar-refractivity contribution is -0.150. The second-order valence-electron chi connectivity index (χ2n) is 11.3. The lowest BCUT2D eigenvalue weighted by Crippen LogP contribution is -2.40. The normalized spacial score (nSPS) is 18.5. The second kappa shape index (κ2) is 11.0. The predicted octanol–water partition coefficient (Wildman–Crippen LogP) is 4.49. The van der Waals surface area contributed by atoms with E-state index in [0.29, 0.717) is 41.6 Å². The topological polar surface area (TPSA) is 107 Å². The van der Waals surface area contributed by atoms with Crippen LogP contribution in [-0.4, -0.2) is 62.3 Å². The molecule has 3 aliphatic heterocycles. The van der Waals surface area contributed by atoms with E-state index in [9.17, 15) is 9.90 Å². The summed E-state index contributed by atoms with van der Waals surface area (Å²) in [4.78, 5) is 19.5. The van der Waals surface area contributed by atoms with Crippen LogP contribution in [0.15, 0.2) is 54.9 Å². The van der Waals surface area contributed by atoms with E-state index >= 15 is 0 Å². The van der Waals surface area contributed by atoms with Gasteiger partial charge in [-0.3, -0.25) is 4.68 Å². The van der Waals surface area contributed by atoms with Crippen LogP contribution in [0, 0.1) is 12.3 Å². The molecule has 0 amide bonds. The van der Waals surface area contributed by atoms with E-state index in [2.05, 4.69) is 35.1 Å². The summed E-state index contributed by atoms with van der Waals surface area (Å²) in [6, 6.07) is 9.95. The number of carbonyl (C=O) groups excluding carboxylic acids is 1. The maximum absolute atomic E-state index is 12.5. The van der Waals surface area contributed by atoms with Crippen molar-refractivity contribution < 1.29 is 19.4 Å². The Labute approximate surface area is 239 Å². The number of aliphatic hydroxyl groups is 1. The smallest absolute Gasteiger partial charge is 0.339 e. The number of para-hydroxylation sites is 1. The van der Waals surface area contributed by atoms with Crippen LogP contribution in [0.2, 0.25) is 0 Å². The molecule has 0 unspecified atom stereocenters. The van der Waals surface area contributed by atoms with Crippen molar-refractivity contribution in [2.24, 2.45) is 5.41 Å². The fourth-order valence-electron chi connectivity index (χ4n) is 5.91. The molecule has 1 saturated heterocycles. The monoisotopic (exact) mass is 556 g/mol. The molecule has 10 heteroatoms. The van der Waals surface area contributed by atoms with E-state index in [4.69, 9.17) is 19.6 Å². The van der Waals surface area contributed by atoms with Crippen molar-refractivity contribution in [1.29, 1.82) is 0 Å². The number of fused-ring (bicyclic) bond motifs is 6. The van der Waals surface area contributed by atoms with Crippen molar-refractivity contribution in [2.75, 3.05) is 31.7 Å². The average Bonchev–Trinajstić information content (AvgIpc) is 3.61. The Bertz CT molecular complexity index is 1600. The minimum absolute atomic E-state index is 0.182. The fourth-order valence-corrected chi connectivity index (χ4v) is 5.91.